The maximum atomic E-state index is 6.17. The van der Waals surface area contributed by atoms with Crippen LogP contribution >= 0.6 is 11.6 Å². The van der Waals surface area contributed by atoms with Crippen molar-refractivity contribution in [2.75, 3.05) is 0 Å². The van der Waals surface area contributed by atoms with Gasteiger partial charge in [0.25, 0.3) is 0 Å². The van der Waals surface area contributed by atoms with Gasteiger partial charge >= 0.3 is 0 Å². The molecule has 0 amide bonds. The molecule has 0 N–H and O–H groups in total. The molecule has 0 saturated carbocycles. The Morgan fingerprint density at radius 1 is 1.18 bits per heavy atom. The van der Waals surface area contributed by atoms with E-state index in [2.05, 4.69) is 51.1 Å². The van der Waals surface area contributed by atoms with Gasteiger partial charge in [0.15, 0.2) is 0 Å². The van der Waals surface area contributed by atoms with Gasteiger partial charge in [0.1, 0.15) is 0 Å². The number of halogens is 1. The lowest BCUT2D eigenvalue weighted by molar-refractivity contribution is 1.23. The molecule has 0 aliphatic heterocycles. The zero-order valence-electron chi connectivity index (χ0n) is 10.5. The van der Waals surface area contributed by atoms with Crippen LogP contribution in [0.2, 0.25) is 5.02 Å². The van der Waals surface area contributed by atoms with E-state index in [0.717, 1.165) is 11.4 Å². The molecule has 0 spiro atoms. The molecule has 0 heterocycles. The summed E-state index contributed by atoms with van der Waals surface area (Å²) in [5, 5.41) is 3.35. The molecule has 0 unspecified atom stereocenters. The fourth-order valence-corrected chi connectivity index (χ4v) is 2.26. The van der Waals surface area contributed by atoms with E-state index in [9.17, 15) is 0 Å². The molecule has 0 nitrogen and oxygen atoms in total. The molecule has 17 heavy (non-hydrogen) atoms. The van der Waals surface area contributed by atoms with Crippen LogP contribution in [-0.2, 0) is 6.42 Å². The van der Waals surface area contributed by atoms with E-state index >= 15 is 0 Å². The quantitative estimate of drug-likeness (QED) is 0.628. The topological polar surface area (TPSA) is 0 Å². The van der Waals surface area contributed by atoms with Crippen LogP contribution in [0.15, 0.2) is 42.0 Å². The van der Waals surface area contributed by atoms with E-state index in [0.29, 0.717) is 0 Å². The van der Waals surface area contributed by atoms with Gasteiger partial charge in [-0.2, -0.15) is 0 Å². The fourth-order valence-electron chi connectivity index (χ4n) is 2.01. The van der Waals surface area contributed by atoms with Crippen molar-refractivity contribution >= 4 is 22.4 Å². The Balaban J connectivity index is 2.57. The second-order valence-electron chi connectivity index (χ2n) is 4.78. The largest absolute Gasteiger partial charge is 0.0843 e. The predicted octanol–water partition coefficient (Wildman–Crippen LogP) is 5.31. The van der Waals surface area contributed by atoms with Crippen molar-refractivity contribution in [3.8, 4) is 0 Å². The van der Waals surface area contributed by atoms with Gasteiger partial charge in [-0.1, -0.05) is 47.0 Å². The van der Waals surface area contributed by atoms with Crippen molar-refractivity contribution in [2.24, 2.45) is 0 Å². The monoisotopic (exact) mass is 244 g/mol. The highest BCUT2D eigenvalue weighted by Crippen LogP contribution is 2.25. The van der Waals surface area contributed by atoms with Gasteiger partial charge < -0.3 is 0 Å². The summed E-state index contributed by atoms with van der Waals surface area (Å²) in [5.74, 6) is 0. The van der Waals surface area contributed by atoms with Crippen LogP contribution in [0.1, 0.15) is 25.0 Å². The molecule has 0 atom stereocenters. The number of aryl methyl sites for hydroxylation is 1. The summed E-state index contributed by atoms with van der Waals surface area (Å²) < 4.78 is 0. The number of hydrogen-bond donors (Lipinski definition) is 0. The van der Waals surface area contributed by atoms with Crippen LogP contribution < -0.4 is 0 Å². The van der Waals surface area contributed by atoms with Gasteiger partial charge in [-0.3, -0.25) is 0 Å². The molecule has 2 aromatic carbocycles. The fraction of sp³-hybridized carbons (Fsp3) is 0.250. The van der Waals surface area contributed by atoms with Gasteiger partial charge in [0.2, 0.25) is 0 Å². The Morgan fingerprint density at radius 2 is 1.94 bits per heavy atom. The number of rotatable bonds is 2. The molecular weight excluding hydrogens is 228 g/mol. The molecule has 0 fully saturated rings. The minimum Gasteiger partial charge on any atom is -0.0843 e. The second kappa shape index (κ2) is 4.93. The second-order valence-corrected chi connectivity index (χ2v) is 5.21. The van der Waals surface area contributed by atoms with Crippen molar-refractivity contribution in [3.05, 3.63) is 58.1 Å². The lowest BCUT2D eigenvalue weighted by Gasteiger charge is -2.07. The number of benzene rings is 2. The van der Waals surface area contributed by atoms with Crippen molar-refractivity contribution in [2.45, 2.75) is 27.2 Å². The molecule has 0 aliphatic carbocycles. The molecule has 0 saturated heterocycles. The van der Waals surface area contributed by atoms with E-state index < -0.39 is 0 Å². The molecule has 0 aliphatic rings. The summed E-state index contributed by atoms with van der Waals surface area (Å²) in [7, 11) is 0. The molecule has 0 aromatic heterocycles. The third kappa shape index (κ3) is 2.89. The van der Waals surface area contributed by atoms with Crippen molar-refractivity contribution in [1.82, 2.24) is 0 Å². The summed E-state index contributed by atoms with van der Waals surface area (Å²) >= 11 is 6.17. The third-order valence-electron chi connectivity index (χ3n) is 2.89. The Labute approximate surface area is 108 Å². The van der Waals surface area contributed by atoms with Gasteiger partial charge in [0.05, 0.1) is 0 Å². The van der Waals surface area contributed by atoms with E-state index in [1.807, 2.05) is 6.07 Å². The first-order valence-electron chi connectivity index (χ1n) is 5.88. The van der Waals surface area contributed by atoms with Crippen molar-refractivity contribution < 1.29 is 0 Å². The SMILES string of the molecule is CC(C)=CCc1cc(Cl)cc2cc(C)ccc12. The highest BCUT2D eigenvalue weighted by atomic mass is 35.5. The molecule has 88 valence electrons. The molecule has 1 heteroatoms. The lowest BCUT2D eigenvalue weighted by atomic mass is 10.00. The highest BCUT2D eigenvalue weighted by Gasteiger charge is 2.02. The van der Waals surface area contributed by atoms with Crippen LogP contribution in [0.3, 0.4) is 0 Å². The minimum absolute atomic E-state index is 0.820. The number of hydrogen-bond acceptors (Lipinski definition) is 0. The molecular formula is C16H17Cl. The summed E-state index contributed by atoms with van der Waals surface area (Å²) in [6, 6.07) is 10.6. The summed E-state index contributed by atoms with van der Waals surface area (Å²) in [6.07, 6.45) is 3.19. The predicted molar refractivity (Wildman–Crippen MR) is 76.8 cm³/mol. The highest BCUT2D eigenvalue weighted by molar-refractivity contribution is 6.31. The zero-order valence-corrected chi connectivity index (χ0v) is 11.3. The summed E-state index contributed by atoms with van der Waals surface area (Å²) in [6.45, 7) is 6.35. The summed E-state index contributed by atoms with van der Waals surface area (Å²) in [4.78, 5) is 0. The number of fused-ring (bicyclic) bond motifs is 1. The Hall–Kier alpha value is -1.27. The van der Waals surface area contributed by atoms with E-state index in [4.69, 9.17) is 11.6 Å². The minimum atomic E-state index is 0.820. The van der Waals surface area contributed by atoms with Crippen LogP contribution in [0.4, 0.5) is 0 Å². The van der Waals surface area contributed by atoms with Gasteiger partial charge in [-0.25, -0.2) is 0 Å². The smallest absolute Gasteiger partial charge is 0.0415 e. The van der Waals surface area contributed by atoms with E-state index in [1.165, 1.54) is 27.5 Å². The van der Waals surface area contributed by atoms with Crippen LogP contribution in [-0.4, -0.2) is 0 Å². The van der Waals surface area contributed by atoms with Crippen molar-refractivity contribution in [3.63, 3.8) is 0 Å². The van der Waals surface area contributed by atoms with Crippen LogP contribution in [0.5, 0.6) is 0 Å². The first-order valence-corrected chi connectivity index (χ1v) is 6.26. The zero-order chi connectivity index (χ0) is 12.4. The number of allylic oxidation sites excluding steroid dienone is 2. The maximum Gasteiger partial charge on any atom is 0.0415 e. The van der Waals surface area contributed by atoms with Gasteiger partial charge in [-0.05, 0) is 55.7 Å². The van der Waals surface area contributed by atoms with Crippen LogP contribution in [0.25, 0.3) is 10.8 Å². The molecule has 2 aromatic rings. The molecule has 2 rings (SSSR count). The average Bonchev–Trinajstić information content (AvgIpc) is 2.24. The Kier molecular flexibility index (Phi) is 3.54. The first-order chi connectivity index (χ1) is 8.06. The average molecular weight is 245 g/mol. The Morgan fingerprint density at radius 3 is 2.65 bits per heavy atom. The van der Waals surface area contributed by atoms with E-state index in [-0.39, 0.29) is 0 Å². The molecule has 0 bridgehead atoms. The Bertz CT molecular complexity index is 570. The summed E-state index contributed by atoms with van der Waals surface area (Å²) in [5.41, 5.74) is 3.91. The third-order valence-corrected chi connectivity index (χ3v) is 3.11. The first kappa shape index (κ1) is 12.2. The lowest BCUT2D eigenvalue weighted by Crippen LogP contribution is -1.87. The van der Waals surface area contributed by atoms with Gasteiger partial charge in [0, 0.05) is 5.02 Å². The van der Waals surface area contributed by atoms with Crippen molar-refractivity contribution in [1.29, 1.82) is 0 Å². The molecule has 0 radical (unpaired) electrons. The normalized spacial score (nSPS) is 10.6. The maximum absolute atomic E-state index is 6.17. The van der Waals surface area contributed by atoms with Gasteiger partial charge in [-0.15, -0.1) is 0 Å². The van der Waals surface area contributed by atoms with Crippen LogP contribution in [0, 0.1) is 6.92 Å². The van der Waals surface area contributed by atoms with E-state index in [1.54, 1.807) is 0 Å². The standard InChI is InChI=1S/C16H17Cl/c1-11(2)4-6-13-9-15(17)10-14-8-12(3)5-7-16(13)14/h4-5,7-10H,6H2,1-3H3.